The van der Waals surface area contributed by atoms with Gasteiger partial charge in [-0.05, 0) is 43.9 Å². The fraction of sp³-hybridized carbons (Fsp3) is 0.571. The summed E-state index contributed by atoms with van der Waals surface area (Å²) in [6.45, 7) is 4.28. The van der Waals surface area contributed by atoms with Crippen molar-refractivity contribution in [3.05, 3.63) is 29.3 Å². The fourth-order valence-electron chi connectivity index (χ4n) is 2.43. The Kier molecular flexibility index (Phi) is 3.49. The summed E-state index contributed by atoms with van der Waals surface area (Å²) in [5.41, 5.74) is 10.0. The minimum atomic E-state index is 0.314. The van der Waals surface area contributed by atoms with Crippen LogP contribution in [0.5, 0.6) is 0 Å². The average molecular weight is 218 g/mol. The maximum absolute atomic E-state index is 6.15. The van der Waals surface area contributed by atoms with Crippen molar-refractivity contribution in [3.8, 4) is 0 Å². The molecule has 0 bridgehead atoms. The van der Waals surface area contributed by atoms with Crippen LogP contribution in [-0.2, 0) is 0 Å². The number of nitrogens with two attached hydrogens (primary N) is 1. The third-order valence-corrected chi connectivity index (χ3v) is 3.55. The van der Waals surface area contributed by atoms with E-state index in [-0.39, 0.29) is 0 Å². The van der Waals surface area contributed by atoms with E-state index in [2.05, 4.69) is 37.4 Å². The van der Waals surface area contributed by atoms with Crippen molar-refractivity contribution in [3.63, 3.8) is 0 Å². The van der Waals surface area contributed by atoms with Crippen molar-refractivity contribution in [2.75, 3.05) is 5.32 Å². The molecule has 0 saturated heterocycles. The molecule has 1 aliphatic rings. The molecule has 2 rings (SSSR count). The first-order valence-corrected chi connectivity index (χ1v) is 6.26. The highest BCUT2D eigenvalue weighted by Gasteiger charge is 2.21. The largest absolute Gasteiger partial charge is 0.381 e. The zero-order valence-corrected chi connectivity index (χ0v) is 10.3. The summed E-state index contributed by atoms with van der Waals surface area (Å²) in [7, 11) is 0. The third kappa shape index (κ3) is 2.56. The summed E-state index contributed by atoms with van der Waals surface area (Å²) < 4.78 is 0. The van der Waals surface area contributed by atoms with E-state index in [1.165, 1.54) is 36.1 Å². The second kappa shape index (κ2) is 4.88. The normalized spacial score (nSPS) is 25.4. The third-order valence-electron chi connectivity index (χ3n) is 3.55. The molecule has 1 saturated carbocycles. The average Bonchev–Trinajstić information content (AvgIpc) is 2.27. The molecule has 0 radical (unpaired) electrons. The van der Waals surface area contributed by atoms with Gasteiger partial charge in [0.25, 0.3) is 0 Å². The lowest BCUT2D eigenvalue weighted by Gasteiger charge is -2.30. The minimum absolute atomic E-state index is 0.314. The van der Waals surface area contributed by atoms with Crippen LogP contribution in [0.15, 0.2) is 18.2 Å². The first-order chi connectivity index (χ1) is 7.66. The molecule has 1 aliphatic carbocycles. The number of hydrogen-bond donors (Lipinski definition) is 2. The maximum Gasteiger partial charge on any atom is 0.0412 e. The van der Waals surface area contributed by atoms with Gasteiger partial charge in [0.15, 0.2) is 0 Å². The van der Waals surface area contributed by atoms with E-state index in [9.17, 15) is 0 Å². The number of nitrogens with one attached hydrogen (secondary N) is 1. The second-order valence-corrected chi connectivity index (χ2v) is 5.02. The second-order valence-electron chi connectivity index (χ2n) is 5.02. The van der Waals surface area contributed by atoms with Gasteiger partial charge in [0.05, 0.1) is 0 Å². The van der Waals surface area contributed by atoms with Crippen LogP contribution in [0.3, 0.4) is 0 Å². The highest BCUT2D eigenvalue weighted by atomic mass is 15.0. The van der Waals surface area contributed by atoms with Crippen LogP contribution >= 0.6 is 0 Å². The zero-order valence-electron chi connectivity index (χ0n) is 10.3. The van der Waals surface area contributed by atoms with Gasteiger partial charge in [-0.2, -0.15) is 0 Å². The number of anilines is 1. The topological polar surface area (TPSA) is 38.0 Å². The van der Waals surface area contributed by atoms with Gasteiger partial charge in [-0.25, -0.2) is 0 Å². The van der Waals surface area contributed by atoms with Gasteiger partial charge < -0.3 is 11.1 Å². The maximum atomic E-state index is 6.15. The van der Waals surface area contributed by atoms with Crippen LogP contribution in [0.2, 0.25) is 0 Å². The molecule has 1 aromatic carbocycles. The van der Waals surface area contributed by atoms with Crippen LogP contribution in [0.1, 0.15) is 36.8 Å². The molecule has 0 spiro atoms. The van der Waals surface area contributed by atoms with Gasteiger partial charge in [0.1, 0.15) is 0 Å². The molecule has 1 aromatic rings. The van der Waals surface area contributed by atoms with Crippen molar-refractivity contribution >= 4 is 5.69 Å². The van der Waals surface area contributed by atoms with Crippen molar-refractivity contribution in [2.24, 2.45) is 5.73 Å². The number of rotatable bonds is 2. The van der Waals surface area contributed by atoms with Gasteiger partial charge >= 0.3 is 0 Å². The molecule has 2 atom stereocenters. The lowest BCUT2D eigenvalue weighted by atomic mass is 9.90. The van der Waals surface area contributed by atoms with E-state index in [0.29, 0.717) is 12.1 Å². The molecule has 0 unspecified atom stereocenters. The highest BCUT2D eigenvalue weighted by Crippen LogP contribution is 2.23. The molecule has 2 nitrogen and oxygen atoms in total. The van der Waals surface area contributed by atoms with E-state index in [1.54, 1.807) is 0 Å². The predicted octanol–water partition coefficient (Wildman–Crippen LogP) is 2.99. The Morgan fingerprint density at radius 2 is 1.94 bits per heavy atom. The van der Waals surface area contributed by atoms with Crippen molar-refractivity contribution in [1.82, 2.24) is 0 Å². The highest BCUT2D eigenvalue weighted by molar-refractivity contribution is 5.53. The molecular formula is C14H22N2. The molecule has 1 fully saturated rings. The summed E-state index contributed by atoms with van der Waals surface area (Å²) in [5.74, 6) is 0. The minimum Gasteiger partial charge on any atom is -0.381 e. The molecule has 0 heterocycles. The summed E-state index contributed by atoms with van der Waals surface area (Å²) in [4.78, 5) is 0. The first-order valence-electron chi connectivity index (χ1n) is 6.26. The van der Waals surface area contributed by atoms with Crippen LogP contribution in [0.25, 0.3) is 0 Å². The molecular weight excluding hydrogens is 196 g/mol. The van der Waals surface area contributed by atoms with E-state index in [4.69, 9.17) is 5.73 Å². The number of benzene rings is 1. The van der Waals surface area contributed by atoms with E-state index < -0.39 is 0 Å². The SMILES string of the molecule is Cc1ccc(C)c(N[C@H]2CCCC[C@@H]2N)c1. The Hall–Kier alpha value is -1.02. The Bertz CT molecular complexity index is 360. The molecule has 2 heteroatoms. The number of hydrogen-bond acceptors (Lipinski definition) is 2. The van der Waals surface area contributed by atoms with Crippen molar-refractivity contribution < 1.29 is 0 Å². The predicted molar refractivity (Wildman–Crippen MR) is 69.8 cm³/mol. The lowest BCUT2D eigenvalue weighted by molar-refractivity contribution is 0.404. The van der Waals surface area contributed by atoms with Crippen molar-refractivity contribution in [1.29, 1.82) is 0 Å². The van der Waals surface area contributed by atoms with E-state index >= 15 is 0 Å². The smallest absolute Gasteiger partial charge is 0.0412 e. The van der Waals surface area contributed by atoms with Gasteiger partial charge in [-0.15, -0.1) is 0 Å². The fourth-order valence-corrected chi connectivity index (χ4v) is 2.43. The van der Waals surface area contributed by atoms with E-state index in [1.807, 2.05) is 0 Å². The standard InChI is InChI=1S/C14H22N2/c1-10-7-8-11(2)14(9-10)16-13-6-4-3-5-12(13)15/h7-9,12-13,16H,3-6,15H2,1-2H3/t12-,13-/m0/s1. The summed E-state index contributed by atoms with van der Waals surface area (Å²) >= 11 is 0. The van der Waals surface area contributed by atoms with Crippen LogP contribution in [-0.4, -0.2) is 12.1 Å². The molecule has 88 valence electrons. The first kappa shape index (κ1) is 11.5. The zero-order chi connectivity index (χ0) is 11.5. The van der Waals surface area contributed by atoms with Gasteiger partial charge in [-0.3, -0.25) is 0 Å². The summed E-state index contributed by atoms with van der Waals surface area (Å²) in [6, 6.07) is 7.31. The Morgan fingerprint density at radius 3 is 2.69 bits per heavy atom. The van der Waals surface area contributed by atoms with Crippen LogP contribution < -0.4 is 11.1 Å². The molecule has 0 aromatic heterocycles. The van der Waals surface area contributed by atoms with Crippen molar-refractivity contribution in [2.45, 2.75) is 51.6 Å². The molecule has 3 N–H and O–H groups in total. The quantitative estimate of drug-likeness (QED) is 0.801. The monoisotopic (exact) mass is 218 g/mol. The molecule has 0 amide bonds. The van der Waals surface area contributed by atoms with Crippen LogP contribution in [0.4, 0.5) is 5.69 Å². The van der Waals surface area contributed by atoms with Crippen LogP contribution in [0, 0.1) is 13.8 Å². The Morgan fingerprint density at radius 1 is 1.19 bits per heavy atom. The summed E-state index contributed by atoms with van der Waals surface area (Å²) in [6.07, 6.45) is 4.94. The molecule has 0 aliphatic heterocycles. The lowest BCUT2D eigenvalue weighted by Crippen LogP contribution is -2.42. The Balaban J connectivity index is 2.10. The summed E-state index contributed by atoms with van der Waals surface area (Å²) in [5, 5.41) is 3.61. The molecule has 16 heavy (non-hydrogen) atoms. The van der Waals surface area contributed by atoms with E-state index in [0.717, 1.165) is 6.42 Å². The van der Waals surface area contributed by atoms with Gasteiger partial charge in [-0.1, -0.05) is 25.0 Å². The Labute approximate surface area is 98.2 Å². The van der Waals surface area contributed by atoms with Gasteiger partial charge in [0.2, 0.25) is 0 Å². The number of aryl methyl sites for hydroxylation is 2. The van der Waals surface area contributed by atoms with Gasteiger partial charge in [0, 0.05) is 17.8 Å².